The first kappa shape index (κ1) is 18.5. The lowest BCUT2D eigenvalue weighted by molar-refractivity contribution is -0.253. The quantitative estimate of drug-likeness (QED) is 0.437. The molecule has 0 spiro atoms. The molecule has 10 nitrogen and oxygen atoms in total. The van der Waals surface area contributed by atoms with E-state index >= 15 is 0 Å². The maximum absolute atomic E-state index is 12.7. The number of nitrogens with zero attached hydrogens (tertiary/aromatic N) is 2. The van der Waals surface area contributed by atoms with Crippen molar-refractivity contribution >= 4 is 29.6 Å². The summed E-state index contributed by atoms with van der Waals surface area (Å²) in [6.07, 6.45) is 0. The van der Waals surface area contributed by atoms with Crippen molar-refractivity contribution in [1.29, 1.82) is 0 Å². The van der Waals surface area contributed by atoms with E-state index in [2.05, 4.69) is 4.89 Å². The number of carbonyl (C=O) groups excluding carboxylic acids is 4. The zero-order valence-electron chi connectivity index (χ0n) is 14.6. The van der Waals surface area contributed by atoms with Crippen LogP contribution in [0.25, 0.3) is 0 Å². The van der Waals surface area contributed by atoms with Crippen molar-refractivity contribution in [2.24, 2.45) is 0 Å². The third-order valence-electron chi connectivity index (χ3n) is 4.77. The van der Waals surface area contributed by atoms with Gasteiger partial charge in [-0.05, 0) is 35.9 Å². The van der Waals surface area contributed by atoms with Crippen molar-refractivity contribution in [3.05, 3.63) is 69.8 Å². The smallest absolute Gasteiger partial charge is 0.335 e. The Balaban J connectivity index is 1.62. The summed E-state index contributed by atoms with van der Waals surface area (Å²) in [5.41, 5.74) is 0.353. The number of aromatic carboxylic acids is 1. The Labute approximate surface area is 162 Å². The highest BCUT2D eigenvalue weighted by molar-refractivity contribution is 6.24. The highest BCUT2D eigenvalue weighted by atomic mass is 17.1. The molecule has 0 radical (unpaired) electrons. The maximum Gasteiger partial charge on any atom is 0.335 e. The molecule has 0 bridgehead atoms. The molecule has 146 valence electrons. The minimum atomic E-state index is -1.26. The number of hydrogen-bond donors (Lipinski definition) is 2. The van der Waals surface area contributed by atoms with Gasteiger partial charge < -0.3 is 5.11 Å². The van der Waals surface area contributed by atoms with Crippen LogP contribution in [0.4, 0.5) is 0 Å². The summed E-state index contributed by atoms with van der Waals surface area (Å²) in [6, 6.07) is 7.78. The van der Waals surface area contributed by atoms with Crippen LogP contribution in [0, 0.1) is 0 Å². The van der Waals surface area contributed by atoms with Crippen LogP contribution in [0.1, 0.15) is 57.4 Å². The molecule has 4 rings (SSSR count). The van der Waals surface area contributed by atoms with Crippen molar-refractivity contribution < 1.29 is 39.2 Å². The van der Waals surface area contributed by atoms with Crippen LogP contribution in [0.15, 0.2) is 36.4 Å². The first-order chi connectivity index (χ1) is 13.8. The topological polar surface area (TPSA) is 142 Å². The molecule has 2 N–H and O–H groups in total. The monoisotopic (exact) mass is 396 g/mol. The summed E-state index contributed by atoms with van der Waals surface area (Å²) in [4.78, 5) is 67.0. The molecule has 0 unspecified atom stereocenters. The summed E-state index contributed by atoms with van der Waals surface area (Å²) in [6.45, 7) is -0.786. The zero-order chi connectivity index (χ0) is 20.9. The molecule has 0 aromatic heterocycles. The number of benzene rings is 2. The fourth-order valence-corrected chi connectivity index (χ4v) is 3.32. The van der Waals surface area contributed by atoms with Gasteiger partial charge in [0.05, 0.1) is 27.8 Å². The summed E-state index contributed by atoms with van der Waals surface area (Å²) in [5.74, 6) is -4.15. The van der Waals surface area contributed by atoms with E-state index in [0.717, 1.165) is 15.9 Å². The van der Waals surface area contributed by atoms with Gasteiger partial charge in [0.25, 0.3) is 23.6 Å². The Morgan fingerprint density at radius 3 is 1.86 bits per heavy atom. The molecule has 2 heterocycles. The van der Waals surface area contributed by atoms with Gasteiger partial charge >= 0.3 is 5.97 Å². The van der Waals surface area contributed by atoms with Gasteiger partial charge in [0.2, 0.25) is 0 Å². The molecule has 0 aliphatic carbocycles. The molecule has 0 fully saturated rings. The van der Waals surface area contributed by atoms with Crippen molar-refractivity contribution in [2.45, 2.75) is 6.61 Å². The second-order valence-electron chi connectivity index (χ2n) is 6.44. The van der Waals surface area contributed by atoms with E-state index in [9.17, 15) is 24.0 Å². The van der Waals surface area contributed by atoms with Crippen molar-refractivity contribution in [2.75, 3.05) is 6.67 Å². The van der Waals surface area contributed by atoms with Crippen LogP contribution in [0.3, 0.4) is 0 Å². The molecule has 2 aliphatic heterocycles. The van der Waals surface area contributed by atoms with Crippen molar-refractivity contribution in [3.63, 3.8) is 0 Å². The summed E-state index contributed by atoms with van der Waals surface area (Å²) < 4.78 is 0. The van der Waals surface area contributed by atoms with Crippen LogP contribution in [-0.2, 0) is 11.5 Å². The summed E-state index contributed by atoms with van der Waals surface area (Å²) in [5, 5.41) is 17.6. The molecular weight excluding hydrogens is 384 g/mol. The fourth-order valence-electron chi connectivity index (χ4n) is 3.32. The average molecular weight is 396 g/mol. The van der Waals surface area contributed by atoms with Gasteiger partial charge in [0.15, 0.2) is 0 Å². The number of carboxylic acids is 1. The van der Waals surface area contributed by atoms with E-state index in [-0.39, 0.29) is 34.4 Å². The van der Waals surface area contributed by atoms with Gasteiger partial charge in [0.1, 0.15) is 13.3 Å². The van der Waals surface area contributed by atoms with E-state index in [1.165, 1.54) is 30.3 Å². The summed E-state index contributed by atoms with van der Waals surface area (Å²) >= 11 is 0. The number of rotatable bonds is 5. The molecule has 10 heteroatoms. The van der Waals surface area contributed by atoms with Crippen LogP contribution in [0.5, 0.6) is 0 Å². The van der Waals surface area contributed by atoms with E-state index in [0.29, 0.717) is 5.56 Å². The maximum atomic E-state index is 12.7. The van der Waals surface area contributed by atoms with E-state index < -0.39 is 36.3 Å². The molecule has 0 saturated heterocycles. The van der Waals surface area contributed by atoms with Crippen molar-refractivity contribution in [3.8, 4) is 0 Å². The Morgan fingerprint density at radius 1 is 0.793 bits per heavy atom. The van der Waals surface area contributed by atoms with Gasteiger partial charge in [0, 0.05) is 0 Å². The van der Waals surface area contributed by atoms with Crippen LogP contribution < -0.4 is 0 Å². The Kier molecular flexibility index (Phi) is 4.22. The summed E-state index contributed by atoms with van der Waals surface area (Å²) in [7, 11) is 0. The molecule has 0 saturated carbocycles. The van der Waals surface area contributed by atoms with Gasteiger partial charge in [-0.15, -0.1) is 0 Å². The second kappa shape index (κ2) is 6.62. The number of fused-ring (bicyclic) bond motifs is 2. The number of hydrogen-bond acceptors (Lipinski definition) is 7. The van der Waals surface area contributed by atoms with E-state index in [1.54, 1.807) is 0 Å². The molecule has 2 aromatic carbocycles. The van der Waals surface area contributed by atoms with Crippen molar-refractivity contribution in [1.82, 2.24) is 9.80 Å². The third kappa shape index (κ3) is 2.78. The molecule has 0 atom stereocenters. The molecule has 29 heavy (non-hydrogen) atoms. The van der Waals surface area contributed by atoms with Gasteiger partial charge in [-0.25, -0.2) is 9.68 Å². The Morgan fingerprint density at radius 2 is 1.31 bits per heavy atom. The van der Waals surface area contributed by atoms with Gasteiger partial charge in [-0.2, -0.15) is 0 Å². The number of carboxylic acid groups (broad SMARTS) is 1. The number of carbonyl (C=O) groups is 5. The number of amides is 4. The molecule has 2 aliphatic rings. The largest absolute Gasteiger partial charge is 0.478 e. The predicted octanol–water partition coefficient (Wildman–Crippen LogP) is 1.22. The Bertz CT molecular complexity index is 1120. The molecule has 4 amide bonds. The second-order valence-corrected chi connectivity index (χ2v) is 6.44. The minimum Gasteiger partial charge on any atom is -0.478 e. The molecular formula is C19H12N2O8. The fraction of sp³-hybridized carbons (Fsp3) is 0.105. The lowest BCUT2D eigenvalue weighted by Crippen LogP contribution is -2.43. The number of imide groups is 2. The van der Waals surface area contributed by atoms with Crippen LogP contribution in [0.2, 0.25) is 0 Å². The van der Waals surface area contributed by atoms with Gasteiger partial charge in [-0.1, -0.05) is 6.07 Å². The van der Waals surface area contributed by atoms with E-state index in [4.69, 9.17) is 10.4 Å². The third-order valence-corrected chi connectivity index (χ3v) is 4.77. The van der Waals surface area contributed by atoms with Crippen LogP contribution >= 0.6 is 0 Å². The average Bonchev–Trinajstić information content (AvgIpc) is 3.08. The standard InChI is InChI=1S/C19H12N2O8/c22-15-11-3-1-9(7-29-28)5-13(11)17(24)20(15)8-21-16(23)12-4-2-10(19(26)27)6-14(12)18(21)25/h1-6,28H,7-8H2,(H,26,27). The Hall–Kier alpha value is -3.89. The first-order valence-electron chi connectivity index (χ1n) is 8.32. The predicted molar refractivity (Wildman–Crippen MR) is 93.1 cm³/mol. The SMILES string of the molecule is O=C(O)c1ccc2c(c1)C(=O)N(CN1C(=O)c3ccc(COO)cc3C1=O)C2=O. The van der Waals surface area contributed by atoms with Crippen LogP contribution in [-0.4, -0.2) is 56.4 Å². The lowest BCUT2D eigenvalue weighted by atomic mass is 10.1. The minimum absolute atomic E-state index is 0.000935. The van der Waals surface area contributed by atoms with E-state index in [1.807, 2.05) is 0 Å². The van der Waals surface area contributed by atoms with Gasteiger partial charge in [-0.3, -0.25) is 34.2 Å². The normalized spacial score (nSPS) is 15.2. The first-order valence-corrected chi connectivity index (χ1v) is 8.32. The molecule has 2 aromatic rings. The highest BCUT2D eigenvalue weighted by Gasteiger charge is 2.42. The lowest BCUT2D eigenvalue weighted by Gasteiger charge is -2.20. The zero-order valence-corrected chi connectivity index (χ0v) is 14.6. The highest BCUT2D eigenvalue weighted by Crippen LogP contribution is 2.28.